The highest BCUT2D eigenvalue weighted by atomic mass is 16.5. The van der Waals surface area contributed by atoms with E-state index in [1.807, 2.05) is 55.5 Å². The number of methoxy groups -OCH3 is 1. The number of amides is 1. The van der Waals surface area contributed by atoms with Gasteiger partial charge in [-0.15, -0.1) is 0 Å². The third kappa shape index (κ3) is 4.51. The number of fused-ring (bicyclic) bond motifs is 1. The molecule has 172 valence electrons. The lowest BCUT2D eigenvalue weighted by atomic mass is 9.89. The molecule has 3 aromatic rings. The number of nitrogens with zero attached hydrogens (tertiary/aromatic N) is 3. The highest BCUT2D eigenvalue weighted by molar-refractivity contribution is 6.33. The average Bonchev–Trinajstić information content (AvgIpc) is 2.87. The van der Waals surface area contributed by atoms with E-state index in [0.29, 0.717) is 40.3 Å². The van der Waals surface area contributed by atoms with Crippen LogP contribution in [0, 0.1) is 18.3 Å². The molecule has 3 rings (SSSR count). The van der Waals surface area contributed by atoms with E-state index in [0.717, 1.165) is 27.5 Å². The van der Waals surface area contributed by atoms with Gasteiger partial charge in [-0.1, -0.05) is 36.4 Å². The van der Waals surface area contributed by atoms with Gasteiger partial charge >= 0.3 is 0 Å². The third-order valence-corrected chi connectivity index (χ3v) is 5.54. The number of ether oxygens (including phenoxy) is 1. The Bertz CT molecular complexity index is 1370. The second-order valence-electron chi connectivity index (χ2n) is 7.35. The molecular formula is C26H26N6O2. The number of nitriles is 1. The van der Waals surface area contributed by atoms with Crippen LogP contribution in [-0.2, 0) is 4.79 Å². The first-order valence-corrected chi connectivity index (χ1v) is 10.5. The summed E-state index contributed by atoms with van der Waals surface area (Å²) in [5, 5.41) is 15.7. The molecule has 3 aromatic carbocycles. The van der Waals surface area contributed by atoms with Crippen LogP contribution in [0.15, 0.2) is 64.8 Å². The van der Waals surface area contributed by atoms with Crippen LogP contribution in [-0.4, -0.2) is 38.5 Å². The molecule has 1 amide bonds. The van der Waals surface area contributed by atoms with Crippen LogP contribution in [0.4, 0.5) is 0 Å². The molecule has 0 aliphatic heterocycles. The maximum absolute atomic E-state index is 10.7. The molecule has 0 bridgehead atoms. The monoisotopic (exact) mass is 454 g/mol. The molecule has 0 fully saturated rings. The minimum atomic E-state index is 0.127. The summed E-state index contributed by atoms with van der Waals surface area (Å²) in [6.07, 6.45) is 1.95. The first kappa shape index (κ1) is 24.2. The van der Waals surface area contributed by atoms with Gasteiger partial charge in [-0.2, -0.15) is 10.4 Å². The predicted molar refractivity (Wildman–Crippen MR) is 136 cm³/mol. The molecule has 0 heterocycles. The van der Waals surface area contributed by atoms with Crippen molar-refractivity contribution in [2.24, 2.45) is 21.6 Å². The molecule has 0 saturated heterocycles. The van der Waals surface area contributed by atoms with Crippen LogP contribution in [0.5, 0.6) is 5.75 Å². The maximum Gasteiger partial charge on any atom is 0.227 e. The lowest BCUT2D eigenvalue weighted by Gasteiger charge is -2.17. The van der Waals surface area contributed by atoms with Crippen LogP contribution in [0.3, 0.4) is 0 Å². The van der Waals surface area contributed by atoms with Crippen molar-refractivity contribution in [1.29, 1.82) is 5.26 Å². The largest absolute Gasteiger partial charge is 0.496 e. The third-order valence-electron chi connectivity index (χ3n) is 5.54. The van der Waals surface area contributed by atoms with Crippen molar-refractivity contribution >= 4 is 34.2 Å². The Balaban J connectivity index is 2.23. The highest BCUT2D eigenvalue weighted by Crippen LogP contribution is 2.34. The lowest BCUT2D eigenvalue weighted by molar-refractivity contribution is -0.109. The van der Waals surface area contributed by atoms with Gasteiger partial charge in [0.1, 0.15) is 11.8 Å². The first-order chi connectivity index (χ1) is 16.5. The van der Waals surface area contributed by atoms with Gasteiger partial charge in [-0.25, -0.2) is 5.43 Å². The van der Waals surface area contributed by atoms with Crippen LogP contribution < -0.4 is 21.6 Å². The van der Waals surface area contributed by atoms with Crippen molar-refractivity contribution in [3.05, 3.63) is 82.5 Å². The summed E-state index contributed by atoms with van der Waals surface area (Å²) in [5.41, 5.74) is 19.5. The van der Waals surface area contributed by atoms with Gasteiger partial charge in [0.15, 0.2) is 0 Å². The summed E-state index contributed by atoms with van der Waals surface area (Å²) < 4.78 is 5.62. The maximum atomic E-state index is 10.7. The minimum absolute atomic E-state index is 0.127. The predicted octanol–water partition coefficient (Wildman–Crippen LogP) is 2.86. The van der Waals surface area contributed by atoms with E-state index in [1.54, 1.807) is 14.2 Å². The molecule has 8 heteroatoms. The van der Waals surface area contributed by atoms with E-state index in [1.165, 1.54) is 6.20 Å². The number of nitrogens with two attached hydrogens (primary N) is 2. The van der Waals surface area contributed by atoms with Crippen molar-refractivity contribution in [2.75, 3.05) is 20.7 Å². The van der Waals surface area contributed by atoms with E-state index < -0.39 is 0 Å². The van der Waals surface area contributed by atoms with Crippen molar-refractivity contribution < 1.29 is 9.53 Å². The Hall–Kier alpha value is -4.48. The molecule has 34 heavy (non-hydrogen) atoms. The molecule has 5 N–H and O–H groups in total. The molecule has 0 radical (unpaired) electrons. The molecule has 0 atom stereocenters. The van der Waals surface area contributed by atoms with Gasteiger partial charge < -0.3 is 16.2 Å². The summed E-state index contributed by atoms with van der Waals surface area (Å²) in [5.74, 6) is 0.629. The summed E-state index contributed by atoms with van der Waals surface area (Å²) in [6, 6.07) is 17.4. The number of hydrazone groups is 1. The highest BCUT2D eigenvalue weighted by Gasteiger charge is 2.21. The number of carbonyl (C=O) groups is 1. The van der Waals surface area contributed by atoms with Crippen molar-refractivity contribution in [1.82, 2.24) is 5.43 Å². The number of hydrogen-bond donors (Lipinski definition) is 3. The number of rotatable bonds is 8. The number of aliphatic imine (C=N–C) groups is 1. The SMILES string of the molecule is CN=C(/C(=C\N)c1ccc(C)c(/C(CN)=N\NC=O)c1)c1cc(OC)c2ccccc2c1C#N. The lowest BCUT2D eigenvalue weighted by Crippen LogP contribution is -2.20. The number of hydrogen-bond acceptors (Lipinski definition) is 7. The van der Waals surface area contributed by atoms with Crippen LogP contribution in [0.1, 0.15) is 27.8 Å². The van der Waals surface area contributed by atoms with Gasteiger partial charge in [0, 0.05) is 47.3 Å². The van der Waals surface area contributed by atoms with Crippen molar-refractivity contribution in [2.45, 2.75) is 6.92 Å². The molecule has 0 aromatic heterocycles. The van der Waals surface area contributed by atoms with Crippen LogP contribution >= 0.6 is 0 Å². The fourth-order valence-corrected chi connectivity index (χ4v) is 3.94. The summed E-state index contributed by atoms with van der Waals surface area (Å²) in [4.78, 5) is 15.2. The second kappa shape index (κ2) is 10.9. The van der Waals surface area contributed by atoms with Gasteiger partial charge in [0.05, 0.1) is 24.1 Å². The fraction of sp³-hybridized carbons (Fsp3) is 0.154. The normalized spacial score (nSPS) is 12.4. The molecule has 0 aliphatic carbocycles. The molecule has 0 aliphatic rings. The van der Waals surface area contributed by atoms with Crippen LogP contribution in [0.25, 0.3) is 16.3 Å². The zero-order valence-corrected chi connectivity index (χ0v) is 19.3. The zero-order valence-electron chi connectivity index (χ0n) is 19.3. The van der Waals surface area contributed by atoms with E-state index in [9.17, 15) is 10.1 Å². The Labute approximate surface area is 198 Å². The van der Waals surface area contributed by atoms with E-state index in [-0.39, 0.29) is 6.54 Å². The fourth-order valence-electron chi connectivity index (χ4n) is 3.94. The van der Waals surface area contributed by atoms with Gasteiger partial charge in [0.2, 0.25) is 6.41 Å². The van der Waals surface area contributed by atoms with Crippen LogP contribution in [0.2, 0.25) is 0 Å². The van der Waals surface area contributed by atoms with E-state index >= 15 is 0 Å². The van der Waals surface area contributed by atoms with Crippen molar-refractivity contribution in [3.8, 4) is 11.8 Å². The summed E-state index contributed by atoms with van der Waals surface area (Å²) in [7, 11) is 3.24. The zero-order chi connectivity index (χ0) is 24.7. The number of aryl methyl sites for hydroxylation is 1. The number of benzene rings is 3. The number of allylic oxidation sites excluding steroid dienone is 1. The Morgan fingerprint density at radius 1 is 1.18 bits per heavy atom. The molecule has 0 spiro atoms. The molecular weight excluding hydrogens is 428 g/mol. The number of nitrogens with one attached hydrogen (secondary N) is 1. The Morgan fingerprint density at radius 3 is 2.50 bits per heavy atom. The minimum Gasteiger partial charge on any atom is -0.496 e. The summed E-state index contributed by atoms with van der Waals surface area (Å²) in [6.45, 7) is 2.05. The average molecular weight is 455 g/mol. The second-order valence-corrected chi connectivity index (χ2v) is 7.35. The van der Waals surface area contributed by atoms with Gasteiger partial charge in [0.25, 0.3) is 0 Å². The smallest absolute Gasteiger partial charge is 0.227 e. The van der Waals surface area contributed by atoms with Crippen molar-refractivity contribution in [3.63, 3.8) is 0 Å². The quantitative estimate of drug-likeness (QED) is 0.273. The van der Waals surface area contributed by atoms with Gasteiger partial charge in [-0.3, -0.25) is 9.79 Å². The van der Waals surface area contributed by atoms with E-state index in [4.69, 9.17) is 16.2 Å². The molecule has 0 saturated carbocycles. The number of carbonyl (C=O) groups excluding carboxylic acids is 1. The van der Waals surface area contributed by atoms with E-state index in [2.05, 4.69) is 21.6 Å². The molecule has 8 nitrogen and oxygen atoms in total. The van der Waals surface area contributed by atoms with Gasteiger partial charge in [-0.05, 0) is 30.2 Å². The Kier molecular flexibility index (Phi) is 7.75. The Morgan fingerprint density at radius 2 is 1.91 bits per heavy atom. The topological polar surface area (TPSA) is 139 Å². The summed E-state index contributed by atoms with van der Waals surface area (Å²) >= 11 is 0. The standard InChI is InChI=1S/C26H26N6O2/c1-16-8-9-17(10-20(16)24(14-29)32-31-15-33)22(12-27)26(30-2)21-11-25(34-3)19-7-5-4-6-18(19)23(21)13-28/h4-12,15H,14,27,29H2,1-3H3,(H,31,33)/b22-12-,30-26?,32-24-. The molecule has 0 unspecified atom stereocenters. The first-order valence-electron chi connectivity index (χ1n) is 10.5.